The van der Waals surface area contributed by atoms with Gasteiger partial charge in [-0.05, 0) is 35.9 Å². The highest BCUT2D eigenvalue weighted by atomic mass is 35.5. The van der Waals surface area contributed by atoms with Crippen LogP contribution in [0.5, 0.6) is 0 Å². The zero-order valence-corrected chi connectivity index (χ0v) is 13.7. The molecule has 2 rings (SSSR count). The fourth-order valence-corrected chi connectivity index (χ4v) is 2.64. The monoisotopic (exact) mass is 356 g/mol. The van der Waals surface area contributed by atoms with Crippen LogP contribution in [-0.2, 0) is 16.6 Å². The number of hydrogen-bond donors (Lipinski definition) is 2. The molecule has 2 aromatic carbocycles. The van der Waals surface area contributed by atoms with E-state index >= 15 is 0 Å². The topological polar surface area (TPSA) is 75.3 Å². The Kier molecular flexibility index (Phi) is 5.23. The van der Waals surface area contributed by atoms with E-state index in [1.165, 1.54) is 12.1 Å². The molecule has 0 aromatic heterocycles. The van der Waals surface area contributed by atoms with Gasteiger partial charge in [-0.1, -0.05) is 23.7 Å². The summed E-state index contributed by atoms with van der Waals surface area (Å²) < 4.78 is 38.3. The average Bonchev–Trinajstić information content (AvgIpc) is 2.46. The van der Waals surface area contributed by atoms with Crippen molar-refractivity contribution < 1.29 is 17.6 Å². The minimum Gasteiger partial charge on any atom is -0.348 e. The van der Waals surface area contributed by atoms with Crippen molar-refractivity contribution in [1.82, 2.24) is 5.32 Å². The zero-order chi connectivity index (χ0) is 17.0. The van der Waals surface area contributed by atoms with Gasteiger partial charge in [0.15, 0.2) is 0 Å². The predicted octanol–water partition coefficient (Wildman–Crippen LogP) is 2.78. The van der Waals surface area contributed by atoms with Crippen LogP contribution in [0.1, 0.15) is 15.9 Å². The van der Waals surface area contributed by atoms with Crippen LogP contribution in [-0.4, -0.2) is 20.6 Å². The summed E-state index contributed by atoms with van der Waals surface area (Å²) in [5.41, 5.74) is 0.894. The number of carbonyl (C=O) groups excluding carboxylic acids is 1. The third kappa shape index (κ3) is 5.22. The summed E-state index contributed by atoms with van der Waals surface area (Å²) in [6.45, 7) is 0.115. The lowest BCUT2D eigenvalue weighted by atomic mass is 10.1. The molecule has 0 aliphatic heterocycles. The largest absolute Gasteiger partial charge is 0.348 e. The molecule has 1 amide bonds. The maximum Gasteiger partial charge on any atom is 0.254 e. The first-order valence-corrected chi connectivity index (χ1v) is 8.81. The molecule has 8 heteroatoms. The van der Waals surface area contributed by atoms with Gasteiger partial charge in [0, 0.05) is 17.3 Å². The summed E-state index contributed by atoms with van der Waals surface area (Å²) >= 11 is 5.75. The van der Waals surface area contributed by atoms with Gasteiger partial charge in [-0.25, -0.2) is 12.8 Å². The number of carbonyl (C=O) groups is 1. The predicted molar refractivity (Wildman–Crippen MR) is 87.5 cm³/mol. The third-order valence-corrected chi connectivity index (χ3v) is 3.70. The Morgan fingerprint density at radius 3 is 2.65 bits per heavy atom. The van der Waals surface area contributed by atoms with Crippen molar-refractivity contribution in [2.24, 2.45) is 0 Å². The van der Waals surface area contributed by atoms with E-state index in [-0.39, 0.29) is 17.1 Å². The standard InChI is InChI=1S/C15H14ClFN2O3S/c1-23(21,22)19-12-4-2-3-10(7-12)9-18-15(20)13-8-11(16)5-6-14(13)17/h2-8,19H,9H2,1H3,(H,18,20). The normalized spacial score (nSPS) is 11.1. The van der Waals surface area contributed by atoms with Crippen LogP contribution in [0.4, 0.5) is 10.1 Å². The van der Waals surface area contributed by atoms with E-state index in [4.69, 9.17) is 11.6 Å². The smallest absolute Gasteiger partial charge is 0.254 e. The molecule has 0 saturated heterocycles. The van der Waals surface area contributed by atoms with Gasteiger partial charge in [0.05, 0.1) is 11.8 Å². The Balaban J connectivity index is 2.07. The van der Waals surface area contributed by atoms with Gasteiger partial charge in [0.1, 0.15) is 5.82 Å². The number of sulfonamides is 1. The highest BCUT2D eigenvalue weighted by molar-refractivity contribution is 7.92. The quantitative estimate of drug-likeness (QED) is 0.865. The van der Waals surface area contributed by atoms with E-state index in [2.05, 4.69) is 10.0 Å². The van der Waals surface area contributed by atoms with Gasteiger partial charge in [-0.3, -0.25) is 9.52 Å². The number of halogens is 2. The fraction of sp³-hybridized carbons (Fsp3) is 0.133. The summed E-state index contributed by atoms with van der Waals surface area (Å²) in [5, 5.41) is 2.82. The maximum atomic E-state index is 13.6. The number of anilines is 1. The molecular formula is C15H14ClFN2O3S. The molecule has 2 N–H and O–H groups in total. The number of nitrogens with one attached hydrogen (secondary N) is 2. The van der Waals surface area contributed by atoms with Gasteiger partial charge in [0.25, 0.3) is 5.91 Å². The van der Waals surface area contributed by atoms with E-state index in [1.807, 2.05) is 0 Å². The van der Waals surface area contributed by atoms with Crippen molar-refractivity contribution in [2.75, 3.05) is 11.0 Å². The third-order valence-electron chi connectivity index (χ3n) is 2.86. The Hall–Kier alpha value is -2.12. The molecule has 2 aromatic rings. The number of rotatable bonds is 5. The van der Waals surface area contributed by atoms with Crippen molar-refractivity contribution in [2.45, 2.75) is 6.54 Å². The molecule has 0 atom stereocenters. The van der Waals surface area contributed by atoms with Crippen LogP contribution in [0.3, 0.4) is 0 Å². The van der Waals surface area contributed by atoms with Crippen LogP contribution >= 0.6 is 11.6 Å². The molecule has 0 fully saturated rings. The van der Waals surface area contributed by atoms with Crippen molar-refractivity contribution >= 4 is 33.2 Å². The van der Waals surface area contributed by atoms with E-state index < -0.39 is 21.7 Å². The van der Waals surface area contributed by atoms with Crippen molar-refractivity contribution in [3.8, 4) is 0 Å². The van der Waals surface area contributed by atoms with Gasteiger partial charge >= 0.3 is 0 Å². The average molecular weight is 357 g/mol. The lowest BCUT2D eigenvalue weighted by Gasteiger charge is -2.09. The molecule has 0 radical (unpaired) electrons. The van der Waals surface area contributed by atoms with E-state index in [1.54, 1.807) is 24.3 Å². The van der Waals surface area contributed by atoms with Crippen molar-refractivity contribution in [3.05, 3.63) is 64.4 Å². The number of hydrogen-bond acceptors (Lipinski definition) is 3. The molecule has 0 bridgehead atoms. The summed E-state index contributed by atoms with van der Waals surface area (Å²) in [5.74, 6) is -1.27. The summed E-state index contributed by atoms with van der Waals surface area (Å²) in [7, 11) is -3.38. The molecule has 0 unspecified atom stereocenters. The lowest BCUT2D eigenvalue weighted by Crippen LogP contribution is -2.24. The molecule has 0 spiro atoms. The first-order valence-electron chi connectivity index (χ1n) is 6.54. The Morgan fingerprint density at radius 2 is 1.96 bits per heavy atom. The fourth-order valence-electron chi connectivity index (χ4n) is 1.91. The first kappa shape index (κ1) is 17.2. The molecule has 0 heterocycles. The van der Waals surface area contributed by atoms with Gasteiger partial charge in [-0.2, -0.15) is 0 Å². The highest BCUT2D eigenvalue weighted by Gasteiger charge is 2.12. The number of amides is 1. The minimum atomic E-state index is -3.38. The molecule has 0 aliphatic carbocycles. The Labute approximate surface area is 138 Å². The lowest BCUT2D eigenvalue weighted by molar-refractivity contribution is 0.0947. The second-order valence-electron chi connectivity index (χ2n) is 4.88. The van der Waals surface area contributed by atoms with Crippen LogP contribution in [0.25, 0.3) is 0 Å². The zero-order valence-electron chi connectivity index (χ0n) is 12.1. The first-order chi connectivity index (χ1) is 10.7. The summed E-state index contributed by atoms with van der Waals surface area (Å²) in [6, 6.07) is 10.2. The summed E-state index contributed by atoms with van der Waals surface area (Å²) in [6.07, 6.45) is 1.05. The Bertz CT molecular complexity index is 840. The maximum absolute atomic E-state index is 13.6. The molecule has 23 heavy (non-hydrogen) atoms. The van der Waals surface area contributed by atoms with Crippen LogP contribution in [0, 0.1) is 5.82 Å². The molecule has 0 aliphatic rings. The Morgan fingerprint density at radius 1 is 1.22 bits per heavy atom. The molecular weight excluding hydrogens is 343 g/mol. The van der Waals surface area contributed by atoms with Gasteiger partial charge < -0.3 is 5.32 Å². The van der Waals surface area contributed by atoms with Crippen molar-refractivity contribution in [3.63, 3.8) is 0 Å². The molecule has 122 valence electrons. The van der Waals surface area contributed by atoms with E-state index in [0.717, 1.165) is 12.3 Å². The van der Waals surface area contributed by atoms with E-state index in [0.29, 0.717) is 11.3 Å². The molecule has 0 saturated carbocycles. The minimum absolute atomic E-state index is 0.115. The van der Waals surface area contributed by atoms with Crippen LogP contribution in [0.15, 0.2) is 42.5 Å². The van der Waals surface area contributed by atoms with Crippen molar-refractivity contribution in [1.29, 1.82) is 0 Å². The highest BCUT2D eigenvalue weighted by Crippen LogP contribution is 2.15. The van der Waals surface area contributed by atoms with Crippen LogP contribution in [0.2, 0.25) is 5.02 Å². The van der Waals surface area contributed by atoms with Crippen LogP contribution < -0.4 is 10.0 Å². The number of benzene rings is 2. The van der Waals surface area contributed by atoms with Gasteiger partial charge in [0.2, 0.25) is 10.0 Å². The second-order valence-corrected chi connectivity index (χ2v) is 7.07. The van der Waals surface area contributed by atoms with Gasteiger partial charge in [-0.15, -0.1) is 0 Å². The molecule has 5 nitrogen and oxygen atoms in total. The SMILES string of the molecule is CS(=O)(=O)Nc1cccc(CNC(=O)c2cc(Cl)ccc2F)c1. The summed E-state index contributed by atoms with van der Waals surface area (Å²) in [4.78, 5) is 12.0. The van der Waals surface area contributed by atoms with E-state index in [9.17, 15) is 17.6 Å². The second kappa shape index (κ2) is 6.97.